The molecule has 8 nitrogen and oxygen atoms in total. The first-order valence-electron chi connectivity index (χ1n) is 10.4. The fourth-order valence-electron chi connectivity index (χ4n) is 3.72. The Labute approximate surface area is 214 Å². The number of amides is 1. The maximum absolute atomic E-state index is 12.7. The zero-order valence-corrected chi connectivity index (χ0v) is 21.8. The highest BCUT2D eigenvalue weighted by Crippen LogP contribution is 2.39. The summed E-state index contributed by atoms with van der Waals surface area (Å²) in [7, 11) is 3.15. The first kappa shape index (κ1) is 24.8. The molecule has 180 valence electrons. The summed E-state index contributed by atoms with van der Waals surface area (Å²) in [6.07, 6.45) is 2.29. The maximum Gasteiger partial charge on any atom is 0.341 e. The second-order valence-electron chi connectivity index (χ2n) is 7.62. The summed E-state index contributed by atoms with van der Waals surface area (Å²) in [5.41, 5.74) is 1.47. The molecule has 2 heterocycles. The molecular weight excluding hydrogens is 519 g/mol. The molecule has 0 saturated carbocycles. The number of thioether (sulfide) groups is 1. The number of nitrogens with one attached hydrogen (secondary N) is 1. The number of ether oxygens (including phenoxy) is 2. The van der Waals surface area contributed by atoms with Gasteiger partial charge in [0.15, 0.2) is 17.1 Å². The number of hydrogen-bond acceptors (Lipinski definition) is 8. The fourth-order valence-corrected chi connectivity index (χ4v) is 6.06. The Bertz CT molecular complexity index is 1240. The van der Waals surface area contributed by atoms with Crippen LogP contribution in [0.5, 0.6) is 5.75 Å². The van der Waals surface area contributed by atoms with Crippen LogP contribution in [0.1, 0.15) is 46.1 Å². The number of hydrogen-bond donors (Lipinski definition) is 1. The van der Waals surface area contributed by atoms with Crippen molar-refractivity contribution >= 4 is 63.2 Å². The average Bonchev–Trinajstić information content (AvgIpc) is 3.49. The predicted octanol–water partition coefficient (Wildman–Crippen LogP) is 5.33. The molecule has 0 fully saturated rings. The summed E-state index contributed by atoms with van der Waals surface area (Å²) < 4.78 is 12.6. The smallest absolute Gasteiger partial charge is 0.341 e. The Morgan fingerprint density at radius 3 is 2.85 bits per heavy atom. The number of anilines is 1. The Morgan fingerprint density at radius 2 is 2.09 bits per heavy atom. The van der Waals surface area contributed by atoms with Crippen LogP contribution >= 0.6 is 46.3 Å². The second kappa shape index (κ2) is 10.6. The van der Waals surface area contributed by atoms with Crippen molar-refractivity contribution in [2.75, 3.05) is 18.2 Å². The molecule has 1 atom stereocenters. The first-order chi connectivity index (χ1) is 16.3. The summed E-state index contributed by atoms with van der Waals surface area (Å²) >= 11 is 14.9. The number of carbonyl (C=O) groups is 2. The second-order valence-corrected chi connectivity index (χ2v) is 10.5. The summed E-state index contributed by atoms with van der Waals surface area (Å²) in [4.78, 5) is 26.1. The van der Waals surface area contributed by atoms with Crippen LogP contribution in [0, 0.1) is 0 Å². The molecule has 1 aromatic carbocycles. The Balaban J connectivity index is 1.40. The molecule has 2 aromatic heterocycles. The largest absolute Gasteiger partial charge is 0.481 e. The number of carbonyl (C=O) groups excluding carboxylic acids is 2. The number of thiophene rings is 1. The number of fused-ring (bicyclic) bond motifs is 1. The van der Waals surface area contributed by atoms with Crippen molar-refractivity contribution in [2.24, 2.45) is 7.05 Å². The van der Waals surface area contributed by atoms with E-state index in [2.05, 4.69) is 15.5 Å². The van der Waals surface area contributed by atoms with Gasteiger partial charge in [-0.15, -0.1) is 21.5 Å². The van der Waals surface area contributed by atoms with E-state index in [0.717, 1.165) is 29.7 Å². The molecule has 0 radical (unpaired) electrons. The molecule has 1 amide bonds. The molecule has 3 aromatic rings. The molecule has 0 aliphatic heterocycles. The Hall–Kier alpha value is -2.27. The topological polar surface area (TPSA) is 95.3 Å². The molecular formula is C22H22Cl2N4O4S2. The molecule has 1 unspecified atom stereocenters. The Kier molecular flexibility index (Phi) is 7.71. The van der Waals surface area contributed by atoms with E-state index in [9.17, 15) is 9.59 Å². The van der Waals surface area contributed by atoms with E-state index in [4.69, 9.17) is 32.7 Å². The minimum Gasteiger partial charge on any atom is -0.481 e. The van der Waals surface area contributed by atoms with Gasteiger partial charge < -0.3 is 19.4 Å². The van der Waals surface area contributed by atoms with Crippen LogP contribution in [0.3, 0.4) is 0 Å². The highest BCUT2D eigenvalue weighted by molar-refractivity contribution is 7.99. The lowest BCUT2D eigenvalue weighted by Crippen LogP contribution is -2.16. The van der Waals surface area contributed by atoms with Crippen LogP contribution in [0.4, 0.5) is 5.00 Å². The van der Waals surface area contributed by atoms with Crippen molar-refractivity contribution in [1.82, 2.24) is 14.8 Å². The number of nitrogens with zero attached hydrogens (tertiary/aromatic N) is 3. The molecule has 0 saturated heterocycles. The van der Waals surface area contributed by atoms with E-state index < -0.39 is 12.1 Å². The number of aromatic nitrogens is 3. The number of halogens is 2. The van der Waals surface area contributed by atoms with Crippen molar-refractivity contribution in [2.45, 2.75) is 37.4 Å². The third-order valence-corrected chi connectivity index (χ3v) is 8.10. The van der Waals surface area contributed by atoms with Gasteiger partial charge in [-0.05, 0) is 43.9 Å². The van der Waals surface area contributed by atoms with E-state index in [1.165, 1.54) is 30.2 Å². The van der Waals surface area contributed by atoms with E-state index in [1.807, 2.05) is 6.92 Å². The summed E-state index contributed by atoms with van der Waals surface area (Å²) in [6.45, 7) is 1.83. The van der Waals surface area contributed by atoms with Crippen LogP contribution in [0.15, 0.2) is 23.4 Å². The zero-order chi connectivity index (χ0) is 24.4. The lowest BCUT2D eigenvalue weighted by atomic mass is 10.1. The lowest BCUT2D eigenvalue weighted by Gasteiger charge is -2.15. The molecule has 0 spiro atoms. The first-order valence-corrected chi connectivity index (χ1v) is 13.0. The van der Waals surface area contributed by atoms with Gasteiger partial charge in [0.25, 0.3) is 0 Å². The minimum atomic E-state index is -0.451. The quantitative estimate of drug-likeness (QED) is 0.304. The third-order valence-electron chi connectivity index (χ3n) is 5.33. The molecule has 1 aliphatic carbocycles. The number of methoxy groups -OCH3 is 1. The van der Waals surface area contributed by atoms with E-state index in [0.29, 0.717) is 37.3 Å². The van der Waals surface area contributed by atoms with Crippen LogP contribution in [0.2, 0.25) is 10.0 Å². The van der Waals surface area contributed by atoms with Gasteiger partial charge in [0.05, 0.1) is 23.4 Å². The molecule has 34 heavy (non-hydrogen) atoms. The summed E-state index contributed by atoms with van der Waals surface area (Å²) in [5, 5.41) is 13.3. The van der Waals surface area contributed by atoms with Crippen molar-refractivity contribution in [3.63, 3.8) is 0 Å². The van der Waals surface area contributed by atoms with Crippen LogP contribution < -0.4 is 10.1 Å². The number of rotatable bonds is 8. The minimum absolute atomic E-state index is 0.102. The number of benzene rings is 1. The summed E-state index contributed by atoms with van der Waals surface area (Å²) in [5.74, 6) is 0.456. The highest BCUT2D eigenvalue weighted by Gasteiger charge is 2.28. The van der Waals surface area contributed by atoms with Crippen molar-refractivity contribution in [3.8, 4) is 5.75 Å². The van der Waals surface area contributed by atoms with Gasteiger partial charge in [-0.2, -0.15) is 0 Å². The van der Waals surface area contributed by atoms with Gasteiger partial charge in [0.2, 0.25) is 5.91 Å². The fraction of sp³-hybridized carbons (Fsp3) is 0.364. The van der Waals surface area contributed by atoms with Gasteiger partial charge in [0, 0.05) is 23.0 Å². The number of esters is 1. The van der Waals surface area contributed by atoms with Crippen molar-refractivity contribution in [3.05, 3.63) is 50.1 Å². The highest BCUT2D eigenvalue weighted by atomic mass is 35.5. The molecule has 0 bridgehead atoms. The average molecular weight is 541 g/mol. The van der Waals surface area contributed by atoms with E-state index >= 15 is 0 Å². The van der Waals surface area contributed by atoms with E-state index in [1.54, 1.807) is 29.8 Å². The molecule has 1 N–H and O–H groups in total. The predicted molar refractivity (Wildman–Crippen MR) is 134 cm³/mol. The van der Waals surface area contributed by atoms with Crippen molar-refractivity contribution < 1.29 is 19.1 Å². The van der Waals surface area contributed by atoms with Gasteiger partial charge >= 0.3 is 5.97 Å². The molecule has 4 rings (SSSR count). The lowest BCUT2D eigenvalue weighted by molar-refractivity contribution is -0.113. The zero-order valence-electron chi connectivity index (χ0n) is 18.7. The van der Waals surface area contributed by atoms with Gasteiger partial charge in [-0.25, -0.2) is 4.79 Å². The SMILES string of the molecule is COC(=O)c1c(NC(=O)CSc2nnc(C(C)Oc3cc(Cl)ccc3Cl)n2C)sc2c1CCC2. The number of aryl methyl sites for hydroxylation is 1. The van der Waals surface area contributed by atoms with Crippen molar-refractivity contribution in [1.29, 1.82) is 0 Å². The van der Waals surface area contributed by atoms with Crippen LogP contribution in [-0.4, -0.2) is 39.5 Å². The van der Waals surface area contributed by atoms with Crippen LogP contribution in [0.25, 0.3) is 0 Å². The maximum atomic E-state index is 12.7. The van der Waals surface area contributed by atoms with Gasteiger partial charge in [-0.3, -0.25) is 4.79 Å². The molecule has 1 aliphatic rings. The normalized spacial score (nSPS) is 13.4. The third kappa shape index (κ3) is 5.19. The Morgan fingerprint density at radius 1 is 1.29 bits per heavy atom. The van der Waals surface area contributed by atoms with Gasteiger partial charge in [0.1, 0.15) is 10.8 Å². The monoisotopic (exact) mass is 540 g/mol. The molecule has 12 heteroatoms. The summed E-state index contributed by atoms with van der Waals surface area (Å²) in [6, 6.07) is 4.98. The van der Waals surface area contributed by atoms with Crippen LogP contribution in [-0.2, 0) is 29.4 Å². The van der Waals surface area contributed by atoms with E-state index in [-0.39, 0.29) is 11.7 Å². The van der Waals surface area contributed by atoms with Gasteiger partial charge in [-0.1, -0.05) is 35.0 Å². The standard InChI is InChI=1S/C22H22Cl2N4O4S2/c1-11(32-15-9-12(23)7-8-14(15)24)19-26-27-22(28(19)2)33-10-17(29)25-20-18(21(30)31-3)13-5-4-6-16(13)34-20/h7-9,11H,4-6,10H2,1-3H3,(H,25,29).